The Bertz CT molecular complexity index is 650. The van der Waals surface area contributed by atoms with Crippen LogP contribution >= 0.6 is 11.8 Å². The lowest BCUT2D eigenvalue weighted by Crippen LogP contribution is -2.17. The maximum Gasteiger partial charge on any atom is 0.343 e. The molecule has 2 rings (SSSR count). The number of aromatic amines is 1. The normalized spacial score (nSPS) is 10.8. The van der Waals surface area contributed by atoms with Crippen molar-refractivity contribution in [3.05, 3.63) is 22.2 Å². The molecule has 0 unspecified atom stereocenters. The highest BCUT2D eigenvalue weighted by atomic mass is 32.2. The fourth-order valence-electron chi connectivity index (χ4n) is 1.80. The number of hydrogen-bond donors (Lipinski definition) is 2. The van der Waals surface area contributed by atoms with Crippen molar-refractivity contribution in [3.63, 3.8) is 0 Å². The molecule has 0 saturated carbocycles. The summed E-state index contributed by atoms with van der Waals surface area (Å²) in [6.45, 7) is 7.51. The van der Waals surface area contributed by atoms with E-state index in [0.29, 0.717) is 17.6 Å². The second-order valence-electron chi connectivity index (χ2n) is 4.66. The van der Waals surface area contributed by atoms with Gasteiger partial charge in [-0.25, -0.2) is 19.9 Å². The van der Waals surface area contributed by atoms with E-state index in [2.05, 4.69) is 32.4 Å². The van der Waals surface area contributed by atoms with Crippen molar-refractivity contribution in [2.45, 2.75) is 50.3 Å². The summed E-state index contributed by atoms with van der Waals surface area (Å²) in [7, 11) is 0. The second kappa shape index (κ2) is 7.26. The number of anilines is 1. The molecule has 2 aromatic heterocycles. The molecule has 0 aliphatic heterocycles. The van der Waals surface area contributed by atoms with Crippen molar-refractivity contribution >= 4 is 17.7 Å². The van der Waals surface area contributed by atoms with Gasteiger partial charge >= 0.3 is 5.69 Å². The fraction of sp³-hybridized carbons (Fsp3) is 0.538. The average Bonchev–Trinajstić information content (AvgIpc) is 2.78. The van der Waals surface area contributed by atoms with Crippen LogP contribution < -0.4 is 11.0 Å². The minimum absolute atomic E-state index is 0.186. The van der Waals surface area contributed by atoms with Gasteiger partial charge in [0, 0.05) is 18.8 Å². The van der Waals surface area contributed by atoms with Crippen molar-refractivity contribution in [2.24, 2.45) is 0 Å². The summed E-state index contributed by atoms with van der Waals surface area (Å²) in [6.07, 6.45) is 1.88. The van der Waals surface area contributed by atoms with Crippen LogP contribution in [0.2, 0.25) is 0 Å². The lowest BCUT2D eigenvalue weighted by atomic mass is 10.4. The van der Waals surface area contributed by atoms with Gasteiger partial charge in [0.2, 0.25) is 5.95 Å². The summed E-state index contributed by atoms with van der Waals surface area (Å²) in [5.41, 5.74) is 0.695. The Hall–Kier alpha value is -1.83. The van der Waals surface area contributed by atoms with Crippen LogP contribution in [0.5, 0.6) is 0 Å². The summed E-state index contributed by atoms with van der Waals surface area (Å²) in [6, 6.07) is 1.89. The first-order chi connectivity index (χ1) is 10.1. The molecule has 0 amide bonds. The van der Waals surface area contributed by atoms with Gasteiger partial charge in [-0.1, -0.05) is 13.8 Å². The molecule has 0 saturated heterocycles. The number of aromatic nitrogens is 5. The van der Waals surface area contributed by atoms with E-state index in [9.17, 15) is 4.79 Å². The zero-order valence-electron chi connectivity index (χ0n) is 12.5. The number of hydrogen-bond acceptors (Lipinski definition) is 6. The highest BCUT2D eigenvalue weighted by molar-refractivity contribution is 7.99. The van der Waals surface area contributed by atoms with Crippen LogP contribution in [0, 0.1) is 6.92 Å². The molecular formula is C13H20N6OS. The van der Waals surface area contributed by atoms with Crippen LogP contribution in [-0.4, -0.2) is 31.3 Å². The molecule has 0 aliphatic carbocycles. The fourth-order valence-corrected chi connectivity index (χ4v) is 2.73. The SMILES string of the molecule is CCCNc1nc(C)cc(Sc2n[nH]c(=O)n2CCC)n1. The average molecular weight is 308 g/mol. The maximum absolute atomic E-state index is 11.7. The van der Waals surface area contributed by atoms with E-state index in [4.69, 9.17) is 0 Å². The van der Waals surface area contributed by atoms with Crippen molar-refractivity contribution in [3.8, 4) is 0 Å². The Morgan fingerprint density at radius 1 is 1.33 bits per heavy atom. The van der Waals surface area contributed by atoms with Crippen molar-refractivity contribution in [1.82, 2.24) is 24.7 Å². The van der Waals surface area contributed by atoms with E-state index in [1.165, 1.54) is 11.8 Å². The van der Waals surface area contributed by atoms with Gasteiger partial charge in [-0.3, -0.25) is 4.57 Å². The summed E-state index contributed by atoms with van der Waals surface area (Å²) >= 11 is 1.37. The van der Waals surface area contributed by atoms with Crippen LogP contribution in [0.4, 0.5) is 5.95 Å². The predicted octanol–water partition coefficient (Wildman–Crippen LogP) is 2.05. The molecule has 21 heavy (non-hydrogen) atoms. The van der Waals surface area contributed by atoms with Gasteiger partial charge in [0.15, 0.2) is 5.16 Å². The van der Waals surface area contributed by atoms with Gasteiger partial charge in [-0.05, 0) is 37.6 Å². The molecule has 7 nitrogen and oxygen atoms in total. The molecule has 0 fully saturated rings. The smallest absolute Gasteiger partial charge is 0.343 e. The molecule has 0 radical (unpaired) electrons. The standard InChI is InChI=1S/C13H20N6OS/c1-4-6-14-11-15-9(3)8-10(16-11)21-13-18-17-12(20)19(13)7-5-2/h8H,4-7H2,1-3H3,(H,17,20)(H,14,15,16). The zero-order chi connectivity index (χ0) is 15.2. The predicted molar refractivity (Wildman–Crippen MR) is 82.8 cm³/mol. The van der Waals surface area contributed by atoms with E-state index < -0.39 is 0 Å². The minimum atomic E-state index is -0.186. The first-order valence-electron chi connectivity index (χ1n) is 7.06. The summed E-state index contributed by atoms with van der Waals surface area (Å²) in [4.78, 5) is 20.5. The third kappa shape index (κ3) is 4.07. The van der Waals surface area contributed by atoms with E-state index in [-0.39, 0.29) is 5.69 Å². The first kappa shape index (κ1) is 15.6. The number of rotatable bonds is 7. The molecule has 2 N–H and O–H groups in total. The van der Waals surface area contributed by atoms with Crippen molar-refractivity contribution in [2.75, 3.05) is 11.9 Å². The van der Waals surface area contributed by atoms with Crippen LogP contribution in [0.1, 0.15) is 32.4 Å². The number of nitrogens with zero attached hydrogens (tertiary/aromatic N) is 4. The van der Waals surface area contributed by atoms with Crippen molar-refractivity contribution in [1.29, 1.82) is 0 Å². The van der Waals surface area contributed by atoms with Crippen LogP contribution in [0.25, 0.3) is 0 Å². The van der Waals surface area contributed by atoms with Gasteiger partial charge in [0.25, 0.3) is 0 Å². The Kier molecular flexibility index (Phi) is 5.38. The molecule has 2 heterocycles. The quantitative estimate of drug-likeness (QED) is 0.761. The Morgan fingerprint density at radius 3 is 2.86 bits per heavy atom. The highest BCUT2D eigenvalue weighted by Gasteiger charge is 2.11. The van der Waals surface area contributed by atoms with E-state index >= 15 is 0 Å². The number of aryl methyl sites for hydroxylation is 1. The maximum atomic E-state index is 11.7. The Labute approximate surface area is 127 Å². The van der Waals surface area contributed by atoms with E-state index in [0.717, 1.165) is 30.1 Å². The summed E-state index contributed by atoms with van der Waals surface area (Å²) in [5.74, 6) is 0.610. The van der Waals surface area contributed by atoms with Crippen LogP contribution in [0.15, 0.2) is 21.0 Å². The molecule has 0 bridgehead atoms. The number of H-pyrrole nitrogens is 1. The Morgan fingerprint density at radius 2 is 2.14 bits per heavy atom. The third-order valence-electron chi connectivity index (χ3n) is 2.73. The van der Waals surface area contributed by atoms with Gasteiger partial charge in [-0.2, -0.15) is 0 Å². The third-order valence-corrected chi connectivity index (χ3v) is 3.64. The monoisotopic (exact) mass is 308 g/mol. The second-order valence-corrected chi connectivity index (χ2v) is 5.65. The van der Waals surface area contributed by atoms with Gasteiger partial charge in [0.05, 0.1) is 0 Å². The lowest BCUT2D eigenvalue weighted by molar-refractivity contribution is 0.603. The first-order valence-corrected chi connectivity index (χ1v) is 7.88. The van der Waals surface area contributed by atoms with Gasteiger partial charge < -0.3 is 5.32 Å². The van der Waals surface area contributed by atoms with Gasteiger partial charge in [0.1, 0.15) is 5.03 Å². The molecule has 8 heteroatoms. The highest BCUT2D eigenvalue weighted by Crippen LogP contribution is 2.24. The lowest BCUT2D eigenvalue weighted by Gasteiger charge is -2.07. The molecule has 0 atom stereocenters. The number of nitrogens with one attached hydrogen (secondary N) is 2. The molecule has 0 spiro atoms. The van der Waals surface area contributed by atoms with Crippen LogP contribution in [0.3, 0.4) is 0 Å². The topological polar surface area (TPSA) is 88.5 Å². The van der Waals surface area contributed by atoms with E-state index in [1.54, 1.807) is 4.57 Å². The minimum Gasteiger partial charge on any atom is -0.354 e. The molecule has 2 aromatic rings. The van der Waals surface area contributed by atoms with Gasteiger partial charge in [-0.15, -0.1) is 5.10 Å². The summed E-state index contributed by atoms with van der Waals surface area (Å²) in [5, 5.41) is 11.1. The van der Waals surface area contributed by atoms with Crippen LogP contribution in [-0.2, 0) is 6.54 Å². The molecular weight excluding hydrogens is 288 g/mol. The Balaban J connectivity index is 2.23. The van der Waals surface area contributed by atoms with Crippen molar-refractivity contribution < 1.29 is 0 Å². The summed E-state index contributed by atoms with van der Waals surface area (Å²) < 4.78 is 1.63. The molecule has 0 aliphatic rings. The van der Waals surface area contributed by atoms with E-state index in [1.807, 2.05) is 19.9 Å². The molecule has 114 valence electrons. The largest absolute Gasteiger partial charge is 0.354 e. The molecule has 0 aromatic carbocycles. The zero-order valence-corrected chi connectivity index (χ0v) is 13.3.